The molecule has 1 aromatic carbocycles. The molecule has 1 unspecified atom stereocenters. The second-order valence-electron chi connectivity index (χ2n) is 3.71. The van der Waals surface area contributed by atoms with Crippen molar-refractivity contribution >= 4 is 21.6 Å². The van der Waals surface area contributed by atoms with Gasteiger partial charge in [-0.05, 0) is 25.1 Å². The Hall–Kier alpha value is -1.13. The second kappa shape index (κ2) is 3.79. The molecular weight excluding hydrogens is 208 g/mol. The van der Waals surface area contributed by atoms with Gasteiger partial charge in [0.25, 0.3) is 0 Å². The van der Waals surface area contributed by atoms with Crippen LogP contribution in [0.25, 0.3) is 10.2 Å². The third-order valence-electron chi connectivity index (χ3n) is 2.62. The molecule has 2 aromatic rings. The lowest BCUT2D eigenvalue weighted by Crippen LogP contribution is -2.19. The van der Waals surface area contributed by atoms with Crippen LogP contribution < -0.4 is 10.1 Å². The summed E-state index contributed by atoms with van der Waals surface area (Å²) in [4.78, 5) is 4.28. The molecule has 0 spiro atoms. The Labute approximate surface area is 92.1 Å². The summed E-state index contributed by atoms with van der Waals surface area (Å²) in [6, 6.07) is 6.12. The Morgan fingerprint density at radius 1 is 1.47 bits per heavy atom. The average molecular weight is 220 g/mol. The van der Waals surface area contributed by atoms with E-state index >= 15 is 0 Å². The number of nitrogens with zero attached hydrogens (tertiary/aromatic N) is 1. The van der Waals surface area contributed by atoms with Crippen LogP contribution in [0.15, 0.2) is 23.7 Å². The predicted molar refractivity (Wildman–Crippen MR) is 61.5 cm³/mol. The van der Waals surface area contributed by atoms with Gasteiger partial charge in [-0.1, -0.05) is 0 Å². The number of hydrogen-bond acceptors (Lipinski definition) is 4. The van der Waals surface area contributed by atoms with Gasteiger partial charge in [-0.25, -0.2) is 4.98 Å². The molecule has 0 bridgehead atoms. The molecule has 2 heterocycles. The van der Waals surface area contributed by atoms with E-state index in [1.807, 2.05) is 17.6 Å². The van der Waals surface area contributed by atoms with Gasteiger partial charge < -0.3 is 10.1 Å². The molecule has 1 atom stereocenters. The maximum Gasteiger partial charge on any atom is 0.122 e. The molecule has 3 nitrogen and oxygen atoms in total. The van der Waals surface area contributed by atoms with Crippen LogP contribution >= 0.6 is 11.3 Å². The van der Waals surface area contributed by atoms with E-state index in [4.69, 9.17) is 4.74 Å². The van der Waals surface area contributed by atoms with E-state index in [9.17, 15) is 0 Å². The molecule has 0 amide bonds. The van der Waals surface area contributed by atoms with Gasteiger partial charge in [0.05, 0.1) is 15.7 Å². The van der Waals surface area contributed by atoms with Crippen LogP contribution in [0.4, 0.5) is 0 Å². The summed E-state index contributed by atoms with van der Waals surface area (Å²) in [6.45, 7) is 2.01. The lowest BCUT2D eigenvalue weighted by Gasteiger charge is -2.11. The lowest BCUT2D eigenvalue weighted by atomic mass is 10.3. The number of aromatic nitrogens is 1. The zero-order chi connectivity index (χ0) is 10.1. The van der Waals surface area contributed by atoms with Crippen molar-refractivity contribution in [3.8, 4) is 5.75 Å². The monoisotopic (exact) mass is 220 g/mol. The van der Waals surface area contributed by atoms with E-state index < -0.39 is 0 Å². The fourth-order valence-corrected chi connectivity index (χ4v) is 2.49. The highest BCUT2D eigenvalue weighted by atomic mass is 32.1. The fourth-order valence-electron chi connectivity index (χ4n) is 1.83. The third kappa shape index (κ3) is 1.82. The minimum absolute atomic E-state index is 0.320. The standard InChI is InChI=1S/C11H12N2OS/c1-2-11-10(13-7-15-11)5-8(1)14-9-3-4-12-6-9/h1-2,5,7,9,12H,3-4,6H2. The van der Waals surface area contributed by atoms with Gasteiger partial charge in [-0.15, -0.1) is 11.3 Å². The van der Waals surface area contributed by atoms with E-state index in [2.05, 4.69) is 16.4 Å². The first-order valence-corrected chi connectivity index (χ1v) is 6.00. The maximum atomic E-state index is 5.85. The van der Waals surface area contributed by atoms with Crippen LogP contribution in [0, 0.1) is 0 Å². The number of hydrogen-bond donors (Lipinski definition) is 1. The average Bonchev–Trinajstić information content (AvgIpc) is 2.87. The van der Waals surface area contributed by atoms with Gasteiger partial charge in [-0.2, -0.15) is 0 Å². The lowest BCUT2D eigenvalue weighted by molar-refractivity contribution is 0.223. The van der Waals surface area contributed by atoms with Crippen LogP contribution in [0.3, 0.4) is 0 Å². The summed E-state index contributed by atoms with van der Waals surface area (Å²) >= 11 is 1.66. The molecule has 1 N–H and O–H groups in total. The Morgan fingerprint density at radius 3 is 3.33 bits per heavy atom. The summed E-state index contributed by atoms with van der Waals surface area (Å²) < 4.78 is 7.07. The van der Waals surface area contributed by atoms with Crippen LogP contribution in [-0.2, 0) is 0 Å². The topological polar surface area (TPSA) is 34.1 Å². The summed E-state index contributed by atoms with van der Waals surface area (Å²) in [5.74, 6) is 0.933. The fraction of sp³-hybridized carbons (Fsp3) is 0.364. The highest BCUT2D eigenvalue weighted by Gasteiger charge is 2.15. The number of rotatable bonds is 2. The summed E-state index contributed by atoms with van der Waals surface area (Å²) in [6.07, 6.45) is 1.41. The summed E-state index contributed by atoms with van der Waals surface area (Å²) in [5.41, 5.74) is 2.90. The van der Waals surface area contributed by atoms with Crippen molar-refractivity contribution in [3.05, 3.63) is 23.7 Å². The van der Waals surface area contributed by atoms with Crippen LogP contribution in [-0.4, -0.2) is 24.2 Å². The van der Waals surface area contributed by atoms with Crippen molar-refractivity contribution in [2.45, 2.75) is 12.5 Å². The van der Waals surface area contributed by atoms with Crippen LogP contribution in [0.5, 0.6) is 5.75 Å². The number of benzene rings is 1. The maximum absolute atomic E-state index is 5.85. The quantitative estimate of drug-likeness (QED) is 0.841. The van der Waals surface area contributed by atoms with Crippen LogP contribution in [0.2, 0.25) is 0 Å². The molecule has 4 heteroatoms. The van der Waals surface area contributed by atoms with Crippen molar-refractivity contribution < 1.29 is 4.74 Å². The van der Waals surface area contributed by atoms with Gasteiger partial charge in [0, 0.05) is 12.6 Å². The Balaban J connectivity index is 1.84. The van der Waals surface area contributed by atoms with Crippen LogP contribution in [0.1, 0.15) is 6.42 Å². The SMILES string of the molecule is c1nc2cc(OC3CCNC3)ccc2s1. The largest absolute Gasteiger partial charge is 0.489 e. The van der Waals surface area contributed by atoms with E-state index in [-0.39, 0.29) is 0 Å². The van der Waals surface area contributed by atoms with Gasteiger partial charge >= 0.3 is 0 Å². The van der Waals surface area contributed by atoms with E-state index in [1.54, 1.807) is 11.3 Å². The number of nitrogens with one attached hydrogen (secondary N) is 1. The molecule has 1 fully saturated rings. The Morgan fingerprint density at radius 2 is 2.47 bits per heavy atom. The molecule has 1 aromatic heterocycles. The Kier molecular flexibility index (Phi) is 2.31. The van der Waals surface area contributed by atoms with Gasteiger partial charge in [0.15, 0.2) is 0 Å². The summed E-state index contributed by atoms with van der Waals surface area (Å²) in [7, 11) is 0. The molecule has 1 aliphatic rings. The minimum Gasteiger partial charge on any atom is -0.489 e. The van der Waals surface area contributed by atoms with E-state index in [1.165, 1.54) is 4.70 Å². The predicted octanol–water partition coefficient (Wildman–Crippen LogP) is 2.04. The molecule has 0 aliphatic carbocycles. The van der Waals surface area contributed by atoms with Gasteiger partial charge in [-0.3, -0.25) is 0 Å². The molecule has 1 saturated heterocycles. The molecule has 0 radical (unpaired) electrons. The first-order valence-electron chi connectivity index (χ1n) is 5.12. The van der Waals surface area contributed by atoms with Gasteiger partial charge in [0.2, 0.25) is 0 Å². The van der Waals surface area contributed by atoms with E-state index in [0.717, 1.165) is 30.8 Å². The zero-order valence-electron chi connectivity index (χ0n) is 8.27. The zero-order valence-corrected chi connectivity index (χ0v) is 9.09. The number of fused-ring (bicyclic) bond motifs is 1. The van der Waals surface area contributed by atoms with Gasteiger partial charge in [0.1, 0.15) is 11.9 Å². The molecule has 1 aliphatic heterocycles. The third-order valence-corrected chi connectivity index (χ3v) is 3.43. The van der Waals surface area contributed by atoms with Crippen molar-refractivity contribution in [2.24, 2.45) is 0 Å². The first kappa shape index (κ1) is 9.12. The van der Waals surface area contributed by atoms with Crippen molar-refractivity contribution in [1.29, 1.82) is 0 Å². The van der Waals surface area contributed by atoms with Crippen molar-refractivity contribution in [1.82, 2.24) is 10.3 Å². The highest BCUT2D eigenvalue weighted by molar-refractivity contribution is 7.16. The molecular formula is C11H12N2OS. The van der Waals surface area contributed by atoms with Crippen molar-refractivity contribution in [3.63, 3.8) is 0 Å². The smallest absolute Gasteiger partial charge is 0.122 e. The highest BCUT2D eigenvalue weighted by Crippen LogP contribution is 2.24. The molecule has 78 valence electrons. The molecule has 3 rings (SSSR count). The molecule has 0 saturated carbocycles. The Bertz CT molecular complexity index is 462. The number of thiazole rings is 1. The number of ether oxygens (including phenoxy) is 1. The molecule has 15 heavy (non-hydrogen) atoms. The first-order chi connectivity index (χ1) is 7.42. The summed E-state index contributed by atoms with van der Waals surface area (Å²) in [5, 5.41) is 3.29. The minimum atomic E-state index is 0.320. The van der Waals surface area contributed by atoms with Crippen molar-refractivity contribution in [2.75, 3.05) is 13.1 Å². The second-order valence-corrected chi connectivity index (χ2v) is 4.60. The van der Waals surface area contributed by atoms with E-state index in [0.29, 0.717) is 6.10 Å². The normalized spacial score (nSPS) is 20.9.